The largest absolute Gasteiger partial charge is 0.467 e. The molecule has 0 saturated carbocycles. The molecule has 0 fully saturated rings. The first-order valence-corrected chi connectivity index (χ1v) is 4.95. The van der Waals surface area contributed by atoms with Crippen molar-refractivity contribution in [1.82, 2.24) is 0 Å². The first kappa shape index (κ1) is 14.6. The average Bonchev–Trinajstić information content (AvgIpc) is 2.00. The molecule has 0 bridgehead atoms. The summed E-state index contributed by atoms with van der Waals surface area (Å²) in [5.41, 5.74) is 0. The van der Waals surface area contributed by atoms with Crippen LogP contribution in [0.25, 0.3) is 0 Å². The summed E-state index contributed by atoms with van der Waals surface area (Å²) in [6, 6.07) is 0. The van der Waals surface area contributed by atoms with Crippen molar-refractivity contribution in [3.05, 3.63) is 0 Å². The highest BCUT2D eigenvalue weighted by atomic mass is 32.2. The maximum absolute atomic E-state index is 12.8. The monoisotopic (exact) mass is 255 g/mol. The van der Waals surface area contributed by atoms with Crippen LogP contribution in [0, 0.1) is 0 Å². The zero-order chi connectivity index (χ0) is 12.3. The van der Waals surface area contributed by atoms with E-state index in [1.165, 1.54) is 0 Å². The zero-order valence-corrected chi connectivity index (χ0v) is 7.94. The molecule has 15 heavy (non-hydrogen) atoms. The Labute approximate surface area is 82.4 Å². The van der Waals surface area contributed by atoms with Crippen LogP contribution >= 0.6 is 0 Å². The van der Waals surface area contributed by atoms with E-state index in [0.29, 0.717) is 0 Å². The van der Waals surface area contributed by atoms with Gasteiger partial charge in [0.15, 0.2) is 0 Å². The Kier molecular flexibility index (Phi) is 4.46. The number of ether oxygens (including phenoxy) is 1. The summed E-state index contributed by atoms with van der Waals surface area (Å²) >= 11 is 0. The molecule has 91 valence electrons. The normalized spacial score (nSPS) is 17.5. The molecule has 0 aromatic carbocycles. The van der Waals surface area contributed by atoms with Gasteiger partial charge < -0.3 is 4.74 Å². The van der Waals surface area contributed by atoms with E-state index in [-0.39, 0.29) is 0 Å². The predicted molar refractivity (Wildman–Crippen MR) is 37.6 cm³/mol. The summed E-state index contributed by atoms with van der Waals surface area (Å²) in [4.78, 5) is 0. The fraction of sp³-hybridized carbons (Fsp3) is 1.00. The van der Waals surface area contributed by atoms with E-state index in [9.17, 15) is 31.1 Å². The van der Waals surface area contributed by atoms with Crippen molar-refractivity contribution in [2.24, 2.45) is 0 Å². The van der Waals surface area contributed by atoms with Gasteiger partial charge in [-0.3, -0.25) is 4.55 Å². The van der Waals surface area contributed by atoms with Crippen LogP contribution in [0.3, 0.4) is 0 Å². The molecule has 0 aliphatic rings. The second kappa shape index (κ2) is 4.60. The van der Waals surface area contributed by atoms with E-state index < -0.39 is 41.1 Å². The molecule has 0 saturated heterocycles. The molecule has 1 N–H and O–H groups in total. The molecular weight excluding hydrogens is 248 g/mol. The first-order valence-electron chi connectivity index (χ1n) is 3.51. The van der Waals surface area contributed by atoms with E-state index >= 15 is 0 Å². The fourth-order valence-electron chi connectivity index (χ4n) is 0.565. The highest BCUT2D eigenvalue weighted by Crippen LogP contribution is 2.39. The summed E-state index contributed by atoms with van der Waals surface area (Å²) in [6.45, 7) is -1.93. The Bertz CT molecular complexity index is 299. The summed E-state index contributed by atoms with van der Waals surface area (Å²) in [7, 11) is -6.12. The molecular formula is C5H7F4O5S. The van der Waals surface area contributed by atoms with E-state index in [0.717, 1.165) is 0 Å². The first-order chi connectivity index (χ1) is 6.56. The minimum absolute atomic E-state index is 0.517. The Balaban J connectivity index is 4.91. The van der Waals surface area contributed by atoms with Crippen LogP contribution in [0.2, 0.25) is 0 Å². The highest BCUT2D eigenvalue weighted by molar-refractivity contribution is 7.87. The van der Waals surface area contributed by atoms with Gasteiger partial charge in [-0.1, -0.05) is 0 Å². The maximum Gasteiger partial charge on any atom is 0.467 e. The molecule has 5 nitrogen and oxygen atoms in total. The van der Waals surface area contributed by atoms with Crippen molar-refractivity contribution in [2.75, 3.05) is 13.2 Å². The van der Waals surface area contributed by atoms with Crippen LogP contribution in [0.1, 0.15) is 6.42 Å². The second-order valence-corrected chi connectivity index (χ2v) is 3.89. The van der Waals surface area contributed by atoms with Gasteiger partial charge in [-0.2, -0.15) is 26.0 Å². The lowest BCUT2D eigenvalue weighted by Crippen LogP contribution is -2.50. The standard InChI is InChI=1S/C5H7F4O5S/c6-4(7,8)5(9,15(11,12)13)14-3-1-2-10/h1-3H2,(H,11,12,13). The molecule has 1 radical (unpaired) electrons. The van der Waals surface area contributed by atoms with Crippen LogP contribution in [-0.4, -0.2) is 37.5 Å². The summed E-state index contributed by atoms with van der Waals surface area (Å²) in [5.74, 6) is 0. The topological polar surface area (TPSA) is 83.5 Å². The van der Waals surface area contributed by atoms with E-state index in [1.807, 2.05) is 0 Å². The van der Waals surface area contributed by atoms with Gasteiger partial charge >= 0.3 is 21.5 Å². The predicted octanol–water partition coefficient (Wildman–Crippen LogP) is 0.897. The van der Waals surface area contributed by atoms with Crippen LogP contribution in [-0.2, 0) is 20.0 Å². The van der Waals surface area contributed by atoms with E-state index in [2.05, 4.69) is 4.74 Å². The van der Waals surface area contributed by atoms with E-state index in [4.69, 9.17) is 4.55 Å². The lowest BCUT2D eigenvalue weighted by Gasteiger charge is -2.24. The van der Waals surface area contributed by atoms with Crippen LogP contribution in [0.4, 0.5) is 17.6 Å². The SMILES string of the molecule is [O]CCCOC(F)(C(F)(F)F)S(=O)(=O)O. The van der Waals surface area contributed by atoms with E-state index in [1.54, 1.807) is 0 Å². The third-order valence-electron chi connectivity index (χ3n) is 1.25. The molecule has 10 heteroatoms. The van der Waals surface area contributed by atoms with Crippen molar-refractivity contribution >= 4 is 10.1 Å². The van der Waals surface area contributed by atoms with Gasteiger partial charge in [0, 0.05) is 0 Å². The quantitative estimate of drug-likeness (QED) is 0.449. The number of alkyl halides is 4. The lowest BCUT2D eigenvalue weighted by molar-refractivity contribution is -0.292. The highest BCUT2D eigenvalue weighted by Gasteiger charge is 2.67. The number of rotatable bonds is 5. The second-order valence-electron chi connectivity index (χ2n) is 2.42. The molecule has 0 amide bonds. The van der Waals surface area contributed by atoms with Gasteiger partial charge in [0.25, 0.3) is 0 Å². The number of halogens is 4. The zero-order valence-electron chi connectivity index (χ0n) is 7.12. The van der Waals surface area contributed by atoms with Crippen LogP contribution in [0.15, 0.2) is 0 Å². The van der Waals surface area contributed by atoms with Gasteiger partial charge in [0.1, 0.15) is 0 Å². The Morgan fingerprint density at radius 2 is 1.67 bits per heavy atom. The molecule has 0 rings (SSSR count). The lowest BCUT2D eigenvalue weighted by atomic mass is 10.5. The minimum Gasteiger partial charge on any atom is -0.325 e. The van der Waals surface area contributed by atoms with Crippen molar-refractivity contribution in [3.63, 3.8) is 0 Å². The van der Waals surface area contributed by atoms with Gasteiger partial charge in [-0.25, -0.2) is 5.11 Å². The third kappa shape index (κ3) is 3.26. The number of hydrogen-bond donors (Lipinski definition) is 1. The van der Waals surface area contributed by atoms with Gasteiger partial charge in [0.2, 0.25) is 0 Å². The molecule has 0 aliphatic carbocycles. The molecule has 0 spiro atoms. The molecule has 0 aliphatic heterocycles. The Hall–Kier alpha value is -0.450. The van der Waals surface area contributed by atoms with Gasteiger partial charge in [0.05, 0.1) is 13.2 Å². The fourth-order valence-corrected chi connectivity index (χ4v) is 1.09. The summed E-state index contributed by atoms with van der Waals surface area (Å²) in [6.07, 6.45) is -6.46. The minimum atomic E-state index is -6.12. The van der Waals surface area contributed by atoms with Crippen LogP contribution < -0.4 is 0 Å². The van der Waals surface area contributed by atoms with Crippen LogP contribution in [0.5, 0.6) is 0 Å². The molecule has 1 unspecified atom stereocenters. The number of hydrogen-bond acceptors (Lipinski definition) is 3. The molecule has 0 aromatic rings. The Morgan fingerprint density at radius 1 is 1.20 bits per heavy atom. The van der Waals surface area contributed by atoms with Gasteiger partial charge in [-0.15, -0.1) is 0 Å². The van der Waals surface area contributed by atoms with Crippen molar-refractivity contribution in [1.29, 1.82) is 0 Å². The molecule has 0 heterocycles. The van der Waals surface area contributed by atoms with Crippen molar-refractivity contribution < 1.29 is 40.4 Å². The Morgan fingerprint density at radius 3 is 1.93 bits per heavy atom. The van der Waals surface area contributed by atoms with Gasteiger partial charge in [-0.05, 0) is 6.42 Å². The van der Waals surface area contributed by atoms with Crippen molar-refractivity contribution in [3.8, 4) is 0 Å². The summed E-state index contributed by atoms with van der Waals surface area (Å²) < 4.78 is 80.3. The average molecular weight is 255 g/mol. The van der Waals surface area contributed by atoms with Crippen molar-refractivity contribution in [2.45, 2.75) is 17.8 Å². The summed E-state index contributed by atoms with van der Waals surface area (Å²) in [5, 5.41) is 4.63. The third-order valence-corrected chi connectivity index (χ3v) is 2.26. The molecule has 0 aromatic heterocycles. The molecule has 1 atom stereocenters. The maximum atomic E-state index is 12.8. The smallest absolute Gasteiger partial charge is 0.325 e.